The van der Waals surface area contributed by atoms with Gasteiger partial charge in [-0.1, -0.05) is 29.9 Å². The number of nitrogens with two attached hydrogens (primary N) is 1. The zero-order valence-corrected chi connectivity index (χ0v) is 12.3. The molecular weight excluding hydrogens is 280 g/mol. The number of nitrogens with zero attached hydrogens (tertiary/aromatic N) is 2. The van der Waals surface area contributed by atoms with Crippen LogP contribution in [0.1, 0.15) is 25.5 Å². The Balaban J connectivity index is 2.41. The van der Waals surface area contributed by atoms with Crippen LogP contribution in [0.4, 0.5) is 11.5 Å². The summed E-state index contributed by atoms with van der Waals surface area (Å²) in [6.07, 6.45) is 1.74. The molecule has 0 aliphatic heterocycles. The first-order chi connectivity index (χ1) is 9.00. The molecule has 0 amide bonds. The highest BCUT2D eigenvalue weighted by molar-refractivity contribution is 7.80. The van der Waals surface area contributed by atoms with Gasteiger partial charge in [-0.25, -0.2) is 4.68 Å². The van der Waals surface area contributed by atoms with Crippen LogP contribution in [0.15, 0.2) is 30.5 Å². The van der Waals surface area contributed by atoms with Crippen LogP contribution in [0, 0.1) is 0 Å². The van der Waals surface area contributed by atoms with E-state index in [1.54, 1.807) is 12.3 Å². The molecular formula is C13H15ClN4S. The van der Waals surface area contributed by atoms with E-state index in [-0.39, 0.29) is 11.0 Å². The van der Waals surface area contributed by atoms with Gasteiger partial charge >= 0.3 is 0 Å². The van der Waals surface area contributed by atoms with Gasteiger partial charge in [-0.2, -0.15) is 5.10 Å². The summed E-state index contributed by atoms with van der Waals surface area (Å²) in [5.74, 6) is 0.870. The molecule has 6 heteroatoms. The van der Waals surface area contributed by atoms with Crippen molar-refractivity contribution in [1.82, 2.24) is 9.78 Å². The maximum Gasteiger partial charge on any atom is 0.128 e. The molecule has 0 radical (unpaired) electrons. The van der Waals surface area contributed by atoms with E-state index >= 15 is 0 Å². The van der Waals surface area contributed by atoms with Crippen molar-refractivity contribution in [2.45, 2.75) is 19.9 Å². The monoisotopic (exact) mass is 294 g/mol. The van der Waals surface area contributed by atoms with Crippen LogP contribution in [-0.2, 0) is 0 Å². The van der Waals surface area contributed by atoms with Gasteiger partial charge in [0.15, 0.2) is 0 Å². The first-order valence-corrected chi connectivity index (χ1v) is 6.68. The van der Waals surface area contributed by atoms with Crippen molar-refractivity contribution in [1.29, 1.82) is 0 Å². The Hall–Kier alpha value is -1.59. The number of anilines is 2. The van der Waals surface area contributed by atoms with Crippen LogP contribution in [0.5, 0.6) is 0 Å². The van der Waals surface area contributed by atoms with E-state index in [0.717, 1.165) is 11.5 Å². The zero-order chi connectivity index (χ0) is 14.0. The highest BCUT2D eigenvalue weighted by Gasteiger charge is 2.12. The number of benzene rings is 1. The molecule has 4 nitrogen and oxygen atoms in total. The second kappa shape index (κ2) is 5.59. The summed E-state index contributed by atoms with van der Waals surface area (Å²) in [6.45, 7) is 4.12. The zero-order valence-electron chi connectivity index (χ0n) is 10.7. The quantitative estimate of drug-likeness (QED) is 0.848. The maximum absolute atomic E-state index is 6.14. The molecule has 2 rings (SSSR count). The van der Waals surface area contributed by atoms with Crippen molar-refractivity contribution in [3.05, 3.63) is 41.0 Å². The van der Waals surface area contributed by atoms with Gasteiger partial charge in [0.05, 0.1) is 22.5 Å². The van der Waals surface area contributed by atoms with Crippen molar-refractivity contribution < 1.29 is 0 Å². The van der Waals surface area contributed by atoms with Gasteiger partial charge in [-0.3, -0.25) is 0 Å². The lowest BCUT2D eigenvalue weighted by Gasteiger charge is -2.15. The summed E-state index contributed by atoms with van der Waals surface area (Å²) in [5.41, 5.74) is 7.16. The van der Waals surface area contributed by atoms with E-state index in [1.807, 2.05) is 22.9 Å². The Labute approximate surface area is 122 Å². The number of thiocarbonyl (C=S) groups is 1. The van der Waals surface area contributed by atoms with Gasteiger partial charge in [0.25, 0.3) is 0 Å². The molecule has 2 aromatic rings. The molecule has 0 bridgehead atoms. The van der Waals surface area contributed by atoms with Crippen molar-refractivity contribution in [3.8, 4) is 0 Å². The Bertz CT molecular complexity index is 606. The third-order valence-electron chi connectivity index (χ3n) is 2.68. The average Bonchev–Trinajstić information content (AvgIpc) is 2.76. The molecule has 1 heterocycles. The SMILES string of the molecule is CC(C)n1nccc1Nc1cccc(Cl)c1C(N)=S. The normalized spacial score (nSPS) is 10.7. The van der Waals surface area contributed by atoms with E-state index in [4.69, 9.17) is 29.6 Å². The molecule has 0 aliphatic rings. The predicted molar refractivity (Wildman–Crippen MR) is 83.2 cm³/mol. The number of nitrogens with one attached hydrogen (secondary N) is 1. The average molecular weight is 295 g/mol. The Morgan fingerprint density at radius 1 is 1.42 bits per heavy atom. The molecule has 0 unspecified atom stereocenters. The fraction of sp³-hybridized carbons (Fsp3) is 0.231. The number of aromatic nitrogens is 2. The van der Waals surface area contributed by atoms with E-state index in [0.29, 0.717) is 10.6 Å². The first-order valence-electron chi connectivity index (χ1n) is 5.89. The second-order valence-corrected chi connectivity index (χ2v) is 5.25. The smallest absolute Gasteiger partial charge is 0.128 e. The number of hydrogen-bond donors (Lipinski definition) is 2. The highest BCUT2D eigenvalue weighted by atomic mass is 35.5. The number of halogens is 1. The van der Waals surface area contributed by atoms with Crippen LogP contribution in [0.25, 0.3) is 0 Å². The Kier molecular flexibility index (Phi) is 4.07. The fourth-order valence-corrected chi connectivity index (χ4v) is 2.39. The largest absolute Gasteiger partial charge is 0.389 e. The van der Waals surface area contributed by atoms with E-state index in [2.05, 4.69) is 24.3 Å². The first kappa shape index (κ1) is 13.8. The molecule has 3 N–H and O–H groups in total. The molecule has 0 spiro atoms. The maximum atomic E-state index is 6.14. The van der Waals surface area contributed by atoms with Gasteiger partial charge in [-0.15, -0.1) is 0 Å². The summed E-state index contributed by atoms with van der Waals surface area (Å²) < 4.78 is 1.88. The summed E-state index contributed by atoms with van der Waals surface area (Å²) in [5, 5.41) is 8.07. The minimum atomic E-state index is 0.255. The molecule has 1 aromatic carbocycles. The lowest BCUT2D eigenvalue weighted by Crippen LogP contribution is -2.14. The topological polar surface area (TPSA) is 55.9 Å². The lowest BCUT2D eigenvalue weighted by molar-refractivity contribution is 0.540. The third-order valence-corrected chi connectivity index (χ3v) is 3.20. The van der Waals surface area contributed by atoms with Crippen LogP contribution < -0.4 is 11.1 Å². The number of rotatable bonds is 4. The summed E-state index contributed by atoms with van der Waals surface area (Å²) in [6, 6.07) is 7.65. The molecule has 0 fully saturated rings. The third kappa shape index (κ3) is 2.88. The molecule has 0 atom stereocenters. The minimum Gasteiger partial charge on any atom is -0.389 e. The van der Waals surface area contributed by atoms with Crippen molar-refractivity contribution in [2.75, 3.05) is 5.32 Å². The Morgan fingerprint density at radius 3 is 2.79 bits per heavy atom. The molecule has 0 aliphatic carbocycles. The molecule has 0 saturated carbocycles. The summed E-state index contributed by atoms with van der Waals surface area (Å²) in [4.78, 5) is 0.267. The van der Waals surface area contributed by atoms with E-state index in [1.165, 1.54) is 0 Å². The van der Waals surface area contributed by atoms with E-state index in [9.17, 15) is 0 Å². The molecule has 19 heavy (non-hydrogen) atoms. The second-order valence-electron chi connectivity index (χ2n) is 4.41. The van der Waals surface area contributed by atoms with Crippen LogP contribution in [0.3, 0.4) is 0 Å². The van der Waals surface area contributed by atoms with Crippen molar-refractivity contribution >= 4 is 40.3 Å². The lowest BCUT2D eigenvalue weighted by atomic mass is 10.1. The van der Waals surface area contributed by atoms with Gasteiger partial charge in [0, 0.05) is 12.1 Å². The highest BCUT2D eigenvalue weighted by Crippen LogP contribution is 2.27. The van der Waals surface area contributed by atoms with E-state index < -0.39 is 0 Å². The molecule has 0 saturated heterocycles. The summed E-state index contributed by atoms with van der Waals surface area (Å²) >= 11 is 11.2. The van der Waals surface area contributed by atoms with Crippen LogP contribution in [0.2, 0.25) is 5.02 Å². The van der Waals surface area contributed by atoms with Gasteiger partial charge < -0.3 is 11.1 Å². The number of hydrogen-bond acceptors (Lipinski definition) is 3. The van der Waals surface area contributed by atoms with Crippen LogP contribution in [-0.4, -0.2) is 14.8 Å². The van der Waals surface area contributed by atoms with Crippen molar-refractivity contribution in [3.63, 3.8) is 0 Å². The Morgan fingerprint density at radius 2 is 2.16 bits per heavy atom. The molecule has 100 valence electrons. The van der Waals surface area contributed by atoms with Crippen molar-refractivity contribution in [2.24, 2.45) is 5.73 Å². The van der Waals surface area contributed by atoms with Gasteiger partial charge in [-0.05, 0) is 26.0 Å². The van der Waals surface area contributed by atoms with Crippen LogP contribution >= 0.6 is 23.8 Å². The standard InChI is InChI=1S/C13H15ClN4S/c1-8(2)18-11(6-7-16-18)17-10-5-3-4-9(14)12(10)13(15)19/h3-8,17H,1-2H3,(H2,15,19). The fourth-order valence-electron chi connectivity index (χ4n) is 1.84. The van der Waals surface area contributed by atoms with Gasteiger partial charge in [0.2, 0.25) is 0 Å². The van der Waals surface area contributed by atoms with Gasteiger partial charge in [0.1, 0.15) is 10.8 Å². The summed E-state index contributed by atoms with van der Waals surface area (Å²) in [7, 11) is 0. The molecule has 1 aromatic heterocycles. The minimum absolute atomic E-state index is 0.255. The predicted octanol–water partition coefficient (Wildman–Crippen LogP) is 3.50.